The molecule has 80 valence electrons. The van der Waals surface area contributed by atoms with Crippen LogP contribution in [0.3, 0.4) is 0 Å². The Hall–Kier alpha value is -0.0800. The lowest BCUT2D eigenvalue weighted by Gasteiger charge is -2.11. The lowest BCUT2D eigenvalue weighted by atomic mass is 9.97. The minimum Gasteiger partial charge on any atom is -0.316 e. The maximum atomic E-state index is 5.48. The molecule has 0 rings (SSSR count). The molecule has 0 heterocycles. The SMILES string of the molecule is CCCCCC(C)CCCC(N)N. The summed E-state index contributed by atoms with van der Waals surface area (Å²) in [6, 6.07) is 0. The number of unbranched alkanes of at least 4 members (excludes halogenated alkanes) is 2. The second-order valence-electron chi connectivity index (χ2n) is 4.20. The van der Waals surface area contributed by atoms with E-state index in [-0.39, 0.29) is 6.17 Å². The minimum atomic E-state index is -0.108. The number of rotatable bonds is 8. The average Bonchev–Trinajstić information content (AvgIpc) is 2.04. The van der Waals surface area contributed by atoms with E-state index in [2.05, 4.69) is 13.8 Å². The van der Waals surface area contributed by atoms with Crippen molar-refractivity contribution in [2.75, 3.05) is 0 Å². The first-order valence-corrected chi connectivity index (χ1v) is 5.68. The maximum Gasteiger partial charge on any atom is 0.0520 e. The zero-order chi connectivity index (χ0) is 10.1. The Morgan fingerprint density at radius 1 is 0.923 bits per heavy atom. The summed E-state index contributed by atoms with van der Waals surface area (Å²) in [6.45, 7) is 4.58. The zero-order valence-electron chi connectivity index (χ0n) is 9.26. The van der Waals surface area contributed by atoms with E-state index in [1.807, 2.05) is 0 Å². The van der Waals surface area contributed by atoms with Gasteiger partial charge in [0.15, 0.2) is 0 Å². The van der Waals surface area contributed by atoms with Crippen LogP contribution >= 0.6 is 0 Å². The van der Waals surface area contributed by atoms with Crippen LogP contribution < -0.4 is 11.5 Å². The van der Waals surface area contributed by atoms with Gasteiger partial charge in [0.05, 0.1) is 6.17 Å². The zero-order valence-corrected chi connectivity index (χ0v) is 9.26. The molecule has 2 heteroatoms. The molecule has 0 saturated heterocycles. The van der Waals surface area contributed by atoms with E-state index in [1.165, 1.54) is 38.5 Å². The van der Waals surface area contributed by atoms with E-state index < -0.39 is 0 Å². The van der Waals surface area contributed by atoms with Crippen LogP contribution in [0, 0.1) is 5.92 Å². The quantitative estimate of drug-likeness (QED) is 0.452. The van der Waals surface area contributed by atoms with Crippen molar-refractivity contribution in [2.24, 2.45) is 17.4 Å². The lowest BCUT2D eigenvalue weighted by molar-refractivity contribution is 0.432. The molecule has 0 aliphatic rings. The van der Waals surface area contributed by atoms with Gasteiger partial charge >= 0.3 is 0 Å². The molecule has 0 fully saturated rings. The molecule has 0 spiro atoms. The van der Waals surface area contributed by atoms with Crippen molar-refractivity contribution >= 4 is 0 Å². The fraction of sp³-hybridized carbons (Fsp3) is 1.00. The molecule has 1 unspecified atom stereocenters. The van der Waals surface area contributed by atoms with Gasteiger partial charge in [0, 0.05) is 0 Å². The number of hydrogen-bond donors (Lipinski definition) is 2. The van der Waals surface area contributed by atoms with E-state index in [0.717, 1.165) is 12.3 Å². The van der Waals surface area contributed by atoms with Crippen molar-refractivity contribution in [3.8, 4) is 0 Å². The van der Waals surface area contributed by atoms with Gasteiger partial charge in [0.25, 0.3) is 0 Å². The van der Waals surface area contributed by atoms with Crippen molar-refractivity contribution in [1.82, 2.24) is 0 Å². The van der Waals surface area contributed by atoms with Crippen LogP contribution in [0.1, 0.15) is 58.8 Å². The Labute approximate surface area is 83.1 Å². The predicted octanol–water partition coefficient (Wildman–Crippen LogP) is 2.62. The minimum absolute atomic E-state index is 0.108. The molecular formula is C11H26N2. The normalized spacial score (nSPS) is 13.6. The molecule has 0 aromatic heterocycles. The highest BCUT2D eigenvalue weighted by atomic mass is 14.8. The second kappa shape index (κ2) is 8.52. The van der Waals surface area contributed by atoms with E-state index in [0.29, 0.717) is 0 Å². The molecule has 0 amide bonds. The average molecular weight is 186 g/mol. The Balaban J connectivity index is 3.15. The highest BCUT2D eigenvalue weighted by molar-refractivity contribution is 4.57. The van der Waals surface area contributed by atoms with Crippen LogP contribution in [0.5, 0.6) is 0 Å². The van der Waals surface area contributed by atoms with Crippen LogP contribution in [-0.4, -0.2) is 6.17 Å². The summed E-state index contributed by atoms with van der Waals surface area (Å²) >= 11 is 0. The Bertz CT molecular complexity index is 102. The monoisotopic (exact) mass is 186 g/mol. The van der Waals surface area contributed by atoms with Crippen LogP contribution in [0.25, 0.3) is 0 Å². The van der Waals surface area contributed by atoms with E-state index in [9.17, 15) is 0 Å². The molecule has 0 bridgehead atoms. The van der Waals surface area contributed by atoms with Gasteiger partial charge in [-0.3, -0.25) is 0 Å². The molecule has 0 saturated carbocycles. The van der Waals surface area contributed by atoms with Crippen molar-refractivity contribution in [3.05, 3.63) is 0 Å². The van der Waals surface area contributed by atoms with Gasteiger partial charge in [-0.05, 0) is 12.3 Å². The largest absolute Gasteiger partial charge is 0.316 e. The third-order valence-corrected chi connectivity index (χ3v) is 2.53. The molecular weight excluding hydrogens is 160 g/mol. The summed E-state index contributed by atoms with van der Waals surface area (Å²) < 4.78 is 0. The fourth-order valence-electron chi connectivity index (χ4n) is 1.59. The van der Waals surface area contributed by atoms with Gasteiger partial charge in [-0.25, -0.2) is 0 Å². The molecule has 0 aromatic carbocycles. The third kappa shape index (κ3) is 9.84. The van der Waals surface area contributed by atoms with Crippen LogP contribution in [0.2, 0.25) is 0 Å². The highest BCUT2D eigenvalue weighted by Crippen LogP contribution is 2.15. The van der Waals surface area contributed by atoms with Crippen molar-refractivity contribution < 1.29 is 0 Å². The van der Waals surface area contributed by atoms with Gasteiger partial charge in [0.1, 0.15) is 0 Å². The Morgan fingerprint density at radius 2 is 1.54 bits per heavy atom. The van der Waals surface area contributed by atoms with Crippen molar-refractivity contribution in [2.45, 2.75) is 65.0 Å². The second-order valence-corrected chi connectivity index (χ2v) is 4.20. The smallest absolute Gasteiger partial charge is 0.0520 e. The number of nitrogens with two attached hydrogens (primary N) is 2. The molecule has 4 N–H and O–H groups in total. The van der Waals surface area contributed by atoms with Crippen LogP contribution in [0.15, 0.2) is 0 Å². The molecule has 0 aliphatic carbocycles. The lowest BCUT2D eigenvalue weighted by Crippen LogP contribution is -2.30. The molecule has 0 aromatic rings. The summed E-state index contributed by atoms with van der Waals surface area (Å²) in [5, 5.41) is 0. The van der Waals surface area contributed by atoms with Gasteiger partial charge < -0.3 is 11.5 Å². The van der Waals surface area contributed by atoms with Gasteiger partial charge in [0.2, 0.25) is 0 Å². The van der Waals surface area contributed by atoms with Crippen molar-refractivity contribution in [1.29, 1.82) is 0 Å². The highest BCUT2D eigenvalue weighted by Gasteiger charge is 2.02. The van der Waals surface area contributed by atoms with Crippen LogP contribution in [-0.2, 0) is 0 Å². The third-order valence-electron chi connectivity index (χ3n) is 2.53. The molecule has 0 aliphatic heterocycles. The van der Waals surface area contributed by atoms with Gasteiger partial charge in [-0.2, -0.15) is 0 Å². The summed E-state index contributed by atoms with van der Waals surface area (Å²) in [5.74, 6) is 0.852. The first-order chi connectivity index (χ1) is 6.16. The summed E-state index contributed by atoms with van der Waals surface area (Å²) in [6.07, 6.45) is 8.78. The standard InChI is InChI=1S/C11H26N2/c1-3-4-5-7-10(2)8-6-9-11(12)13/h10-11H,3-9,12-13H2,1-2H3. The fourth-order valence-corrected chi connectivity index (χ4v) is 1.59. The number of hydrogen-bond acceptors (Lipinski definition) is 2. The Kier molecular flexibility index (Phi) is 8.46. The molecule has 13 heavy (non-hydrogen) atoms. The summed E-state index contributed by atoms with van der Waals surface area (Å²) in [4.78, 5) is 0. The molecule has 2 nitrogen and oxygen atoms in total. The first-order valence-electron chi connectivity index (χ1n) is 5.68. The summed E-state index contributed by atoms with van der Waals surface area (Å²) in [7, 11) is 0. The van der Waals surface area contributed by atoms with Gasteiger partial charge in [-0.1, -0.05) is 52.4 Å². The predicted molar refractivity (Wildman–Crippen MR) is 59.3 cm³/mol. The summed E-state index contributed by atoms with van der Waals surface area (Å²) in [5.41, 5.74) is 11.0. The first kappa shape index (κ1) is 12.9. The van der Waals surface area contributed by atoms with Crippen LogP contribution in [0.4, 0.5) is 0 Å². The molecule has 1 atom stereocenters. The van der Waals surface area contributed by atoms with E-state index in [1.54, 1.807) is 0 Å². The van der Waals surface area contributed by atoms with Crippen molar-refractivity contribution in [3.63, 3.8) is 0 Å². The van der Waals surface area contributed by atoms with Gasteiger partial charge in [-0.15, -0.1) is 0 Å². The topological polar surface area (TPSA) is 52.0 Å². The van der Waals surface area contributed by atoms with E-state index in [4.69, 9.17) is 11.5 Å². The Morgan fingerprint density at radius 3 is 2.08 bits per heavy atom. The molecule has 0 radical (unpaired) electrons. The van der Waals surface area contributed by atoms with E-state index >= 15 is 0 Å². The maximum absolute atomic E-state index is 5.48.